The second-order valence-corrected chi connectivity index (χ2v) is 7.28. The molecule has 0 aromatic heterocycles. The third kappa shape index (κ3) is 3.75. The largest absolute Gasteiger partial charge is 0.479 e. The zero-order valence-corrected chi connectivity index (χ0v) is 13.6. The van der Waals surface area contributed by atoms with E-state index in [1.54, 1.807) is 6.92 Å². The van der Waals surface area contributed by atoms with E-state index in [9.17, 15) is 4.79 Å². The molecule has 20 heavy (non-hydrogen) atoms. The molecule has 0 saturated heterocycles. The van der Waals surface area contributed by atoms with Gasteiger partial charge in [-0.05, 0) is 28.9 Å². The summed E-state index contributed by atoms with van der Waals surface area (Å²) in [6.07, 6.45) is -0.861. The van der Waals surface area contributed by atoms with Gasteiger partial charge in [0.05, 0.1) is 0 Å². The van der Waals surface area contributed by atoms with Crippen LogP contribution in [0, 0.1) is 0 Å². The van der Waals surface area contributed by atoms with Crippen LogP contribution in [0.4, 0.5) is 0 Å². The number of rotatable bonds is 3. The summed E-state index contributed by atoms with van der Waals surface area (Å²) in [5.41, 5.74) is 1.87. The second-order valence-electron chi connectivity index (χ2n) is 7.28. The minimum atomic E-state index is -0.950. The smallest absolute Gasteiger partial charge is 0.344 e. The number of para-hydroxylation sites is 1. The number of benzene rings is 1. The van der Waals surface area contributed by atoms with Crippen LogP contribution in [0.2, 0.25) is 0 Å². The average molecular weight is 278 g/mol. The van der Waals surface area contributed by atoms with E-state index in [0.29, 0.717) is 5.75 Å². The molecule has 0 amide bonds. The van der Waals surface area contributed by atoms with Crippen molar-refractivity contribution in [3.05, 3.63) is 29.3 Å². The Morgan fingerprint density at radius 3 is 1.75 bits per heavy atom. The molecule has 1 N–H and O–H groups in total. The summed E-state index contributed by atoms with van der Waals surface area (Å²) in [6, 6.07) is 6.04. The van der Waals surface area contributed by atoms with Gasteiger partial charge in [-0.1, -0.05) is 59.7 Å². The lowest BCUT2D eigenvalue weighted by molar-refractivity contribution is -0.144. The van der Waals surface area contributed by atoms with Crippen LogP contribution in [0.25, 0.3) is 0 Å². The van der Waals surface area contributed by atoms with Gasteiger partial charge in [-0.15, -0.1) is 0 Å². The molecule has 0 spiro atoms. The molecule has 0 aliphatic heterocycles. The highest BCUT2D eigenvalue weighted by atomic mass is 16.5. The van der Waals surface area contributed by atoms with Gasteiger partial charge in [0, 0.05) is 0 Å². The molecule has 0 heterocycles. The van der Waals surface area contributed by atoms with Gasteiger partial charge in [0.25, 0.3) is 0 Å². The van der Waals surface area contributed by atoms with Gasteiger partial charge in [0.15, 0.2) is 6.10 Å². The van der Waals surface area contributed by atoms with Crippen LogP contribution in [0.1, 0.15) is 59.6 Å². The summed E-state index contributed by atoms with van der Waals surface area (Å²) in [7, 11) is 0. The molecule has 0 aliphatic carbocycles. The maximum Gasteiger partial charge on any atom is 0.344 e. The van der Waals surface area contributed by atoms with Crippen LogP contribution >= 0.6 is 0 Å². The maximum absolute atomic E-state index is 11.1. The molecule has 1 rings (SSSR count). The van der Waals surface area contributed by atoms with Crippen molar-refractivity contribution in [2.75, 3.05) is 0 Å². The van der Waals surface area contributed by atoms with Crippen LogP contribution < -0.4 is 4.74 Å². The van der Waals surface area contributed by atoms with Crippen LogP contribution in [0.5, 0.6) is 5.75 Å². The van der Waals surface area contributed by atoms with Gasteiger partial charge in [-0.2, -0.15) is 0 Å². The number of hydrogen-bond acceptors (Lipinski definition) is 2. The van der Waals surface area contributed by atoms with E-state index in [4.69, 9.17) is 9.84 Å². The molecule has 3 heteroatoms. The monoisotopic (exact) mass is 278 g/mol. The first-order valence-corrected chi connectivity index (χ1v) is 6.98. The van der Waals surface area contributed by atoms with Crippen LogP contribution in [0.3, 0.4) is 0 Å². The number of hydrogen-bond donors (Lipinski definition) is 1. The Morgan fingerprint density at radius 1 is 1.05 bits per heavy atom. The van der Waals surface area contributed by atoms with Crippen LogP contribution in [-0.2, 0) is 15.6 Å². The minimum absolute atomic E-state index is 0.102. The zero-order valence-electron chi connectivity index (χ0n) is 13.6. The standard InChI is InChI=1S/C17H26O3/c1-11(15(18)19)20-14-12(16(2,3)4)9-8-10-13(14)17(5,6)7/h8-11H,1-7H3,(H,18,19). The van der Waals surface area contributed by atoms with E-state index in [1.165, 1.54) is 0 Å². The van der Waals surface area contributed by atoms with Crippen LogP contribution in [-0.4, -0.2) is 17.2 Å². The van der Waals surface area contributed by atoms with Crippen molar-refractivity contribution in [1.29, 1.82) is 0 Å². The molecule has 0 aliphatic rings. The molecule has 0 radical (unpaired) electrons. The Kier molecular flexibility index (Phi) is 4.52. The lowest BCUT2D eigenvalue weighted by Crippen LogP contribution is -2.27. The number of carboxylic acids is 1. The van der Waals surface area contributed by atoms with Crippen molar-refractivity contribution < 1.29 is 14.6 Å². The van der Waals surface area contributed by atoms with Crippen LogP contribution in [0.15, 0.2) is 18.2 Å². The van der Waals surface area contributed by atoms with Gasteiger partial charge >= 0.3 is 5.97 Å². The summed E-state index contributed by atoms with van der Waals surface area (Å²) < 4.78 is 5.79. The lowest BCUT2D eigenvalue weighted by atomic mass is 9.79. The summed E-state index contributed by atoms with van der Waals surface area (Å²) in [6.45, 7) is 14.2. The molecule has 3 nitrogen and oxygen atoms in total. The van der Waals surface area contributed by atoms with Crippen molar-refractivity contribution >= 4 is 5.97 Å². The minimum Gasteiger partial charge on any atom is -0.479 e. The average Bonchev–Trinajstić information content (AvgIpc) is 2.25. The molecule has 1 aromatic rings. The second kappa shape index (κ2) is 5.47. The molecule has 1 atom stereocenters. The number of carbonyl (C=O) groups is 1. The highest BCUT2D eigenvalue weighted by Crippen LogP contribution is 2.39. The van der Waals surface area contributed by atoms with Gasteiger partial charge < -0.3 is 9.84 Å². The van der Waals surface area contributed by atoms with Crippen molar-refractivity contribution in [3.8, 4) is 5.75 Å². The normalized spacial score (nSPS) is 13.9. The molecule has 0 saturated carbocycles. The van der Waals surface area contributed by atoms with Gasteiger partial charge in [-0.25, -0.2) is 4.79 Å². The molecule has 0 fully saturated rings. The van der Waals surface area contributed by atoms with E-state index in [0.717, 1.165) is 11.1 Å². The van der Waals surface area contributed by atoms with E-state index in [1.807, 2.05) is 18.2 Å². The summed E-state index contributed by atoms with van der Waals surface area (Å²) in [5.74, 6) is -0.240. The molecule has 0 bridgehead atoms. The van der Waals surface area contributed by atoms with Gasteiger partial charge in [0.1, 0.15) is 5.75 Å². The predicted octanol–water partition coefficient (Wildman–Crippen LogP) is 4.13. The van der Waals surface area contributed by atoms with E-state index in [2.05, 4.69) is 41.5 Å². The van der Waals surface area contributed by atoms with Gasteiger partial charge in [-0.3, -0.25) is 0 Å². The SMILES string of the molecule is CC(Oc1c(C(C)(C)C)cccc1C(C)(C)C)C(=O)O. The third-order valence-corrected chi connectivity index (χ3v) is 3.27. The molecule has 1 aromatic carbocycles. The highest BCUT2D eigenvalue weighted by molar-refractivity contribution is 5.72. The molecular formula is C17H26O3. The summed E-state index contributed by atoms with van der Waals surface area (Å²) in [5, 5.41) is 9.11. The Labute approximate surface area is 122 Å². The topological polar surface area (TPSA) is 46.5 Å². The maximum atomic E-state index is 11.1. The Bertz CT molecular complexity index is 458. The fraction of sp³-hybridized carbons (Fsp3) is 0.588. The molecule has 1 unspecified atom stereocenters. The summed E-state index contributed by atoms with van der Waals surface area (Å²) >= 11 is 0. The van der Waals surface area contributed by atoms with E-state index in [-0.39, 0.29) is 10.8 Å². The first-order chi connectivity index (χ1) is 8.94. The first kappa shape index (κ1) is 16.5. The number of ether oxygens (including phenoxy) is 1. The van der Waals surface area contributed by atoms with Crippen molar-refractivity contribution in [2.24, 2.45) is 0 Å². The Hall–Kier alpha value is -1.51. The lowest BCUT2D eigenvalue weighted by Gasteiger charge is -2.30. The predicted molar refractivity (Wildman–Crippen MR) is 81.6 cm³/mol. The Morgan fingerprint density at radius 2 is 1.45 bits per heavy atom. The fourth-order valence-electron chi connectivity index (χ4n) is 2.07. The molecular weight excluding hydrogens is 252 g/mol. The fourth-order valence-corrected chi connectivity index (χ4v) is 2.07. The summed E-state index contributed by atoms with van der Waals surface area (Å²) in [4.78, 5) is 11.1. The van der Waals surface area contributed by atoms with Crippen molar-refractivity contribution in [3.63, 3.8) is 0 Å². The quantitative estimate of drug-likeness (QED) is 0.904. The Balaban J connectivity index is 3.45. The van der Waals surface area contributed by atoms with Crippen molar-refractivity contribution in [1.82, 2.24) is 0 Å². The highest BCUT2D eigenvalue weighted by Gasteiger charge is 2.28. The van der Waals surface area contributed by atoms with E-state index < -0.39 is 12.1 Å². The van der Waals surface area contributed by atoms with Gasteiger partial charge in [0.2, 0.25) is 0 Å². The number of aliphatic carboxylic acids is 1. The third-order valence-electron chi connectivity index (χ3n) is 3.27. The van der Waals surface area contributed by atoms with E-state index >= 15 is 0 Å². The van der Waals surface area contributed by atoms with Crippen molar-refractivity contribution in [2.45, 2.75) is 65.4 Å². The number of carboxylic acid groups (broad SMARTS) is 1. The first-order valence-electron chi connectivity index (χ1n) is 6.98. The zero-order chi connectivity index (χ0) is 15.7. The molecule has 112 valence electrons.